The van der Waals surface area contributed by atoms with E-state index in [4.69, 9.17) is 0 Å². The Labute approximate surface area is 248 Å². The summed E-state index contributed by atoms with van der Waals surface area (Å²) in [7, 11) is 0. The molecule has 7 aromatic rings. The third kappa shape index (κ3) is 4.79. The van der Waals surface area contributed by atoms with Crippen LogP contribution in [0.3, 0.4) is 0 Å². The van der Waals surface area contributed by atoms with Crippen LogP contribution in [0.5, 0.6) is 0 Å². The average molecular weight is 537 g/mol. The van der Waals surface area contributed by atoms with E-state index in [1.807, 2.05) is 13.8 Å². The monoisotopic (exact) mass is 536 g/mol. The van der Waals surface area contributed by atoms with Crippen LogP contribution in [-0.4, -0.2) is 0 Å². The predicted octanol–water partition coefficient (Wildman–Crippen LogP) is 10.7. The Morgan fingerprint density at radius 2 is 0.595 bits per heavy atom. The first-order valence-electron chi connectivity index (χ1n) is 14.6. The van der Waals surface area contributed by atoms with Crippen molar-refractivity contribution in [2.24, 2.45) is 0 Å². The molecule has 0 radical (unpaired) electrons. The first-order valence-corrected chi connectivity index (χ1v) is 14.6. The molecular formula is C42H32. The van der Waals surface area contributed by atoms with Crippen molar-refractivity contribution in [1.29, 1.82) is 0 Å². The van der Waals surface area contributed by atoms with Gasteiger partial charge in [0.05, 0.1) is 0 Å². The van der Waals surface area contributed by atoms with E-state index in [0.717, 1.165) is 43.8 Å². The lowest BCUT2D eigenvalue weighted by atomic mass is 9.91. The largest absolute Gasteiger partial charge is 0.0683 e. The highest BCUT2D eigenvalue weighted by Gasteiger charge is 2.12. The van der Waals surface area contributed by atoms with Crippen molar-refractivity contribution in [2.75, 3.05) is 0 Å². The summed E-state index contributed by atoms with van der Waals surface area (Å²) in [6, 6.07) is 42.7. The minimum absolute atomic E-state index is 1.04. The molecule has 0 aliphatic heterocycles. The van der Waals surface area contributed by atoms with Gasteiger partial charge >= 0.3 is 0 Å². The summed E-state index contributed by atoms with van der Waals surface area (Å²) < 4.78 is 0. The van der Waals surface area contributed by atoms with E-state index in [0.29, 0.717) is 0 Å². The third-order valence-electron chi connectivity index (χ3n) is 7.86. The fraction of sp³-hybridized carbons (Fsp3) is 0.0952. The number of benzene rings is 7. The zero-order valence-electron chi connectivity index (χ0n) is 24.5. The highest BCUT2D eigenvalue weighted by Crippen LogP contribution is 2.33. The lowest BCUT2D eigenvalue weighted by Gasteiger charge is -2.11. The second-order valence-electron chi connectivity index (χ2n) is 10.3. The van der Waals surface area contributed by atoms with E-state index in [9.17, 15) is 0 Å². The molecule has 0 aliphatic carbocycles. The molecule has 0 atom stereocenters. The van der Waals surface area contributed by atoms with Gasteiger partial charge in [-0.3, -0.25) is 0 Å². The maximum Gasteiger partial charge on any atom is 0.0406 e. The zero-order valence-corrected chi connectivity index (χ0v) is 24.5. The summed E-state index contributed by atoms with van der Waals surface area (Å²) in [5, 5.41) is 9.39. The molecule has 0 heterocycles. The molecule has 0 aromatic heterocycles. The fourth-order valence-corrected chi connectivity index (χ4v) is 5.77. The first-order chi connectivity index (χ1) is 20.7. The van der Waals surface area contributed by atoms with Gasteiger partial charge < -0.3 is 0 Å². The molecule has 0 bridgehead atoms. The van der Waals surface area contributed by atoms with Crippen molar-refractivity contribution in [2.45, 2.75) is 27.7 Å². The minimum atomic E-state index is 1.04. The van der Waals surface area contributed by atoms with Crippen LogP contribution in [0, 0.1) is 37.5 Å². The summed E-state index contributed by atoms with van der Waals surface area (Å²) in [6.07, 6.45) is 0. The summed E-state index contributed by atoms with van der Waals surface area (Å²) in [5.74, 6) is 14.2. The van der Waals surface area contributed by atoms with Gasteiger partial charge in [0.1, 0.15) is 0 Å². The quantitative estimate of drug-likeness (QED) is 0.134. The lowest BCUT2D eigenvalue weighted by Crippen LogP contribution is -1.91. The second kappa shape index (κ2) is 11.7. The molecule has 0 heteroatoms. The summed E-state index contributed by atoms with van der Waals surface area (Å²) >= 11 is 0. The molecule has 42 heavy (non-hydrogen) atoms. The Hall–Kier alpha value is -5.30. The van der Waals surface area contributed by atoms with Crippen molar-refractivity contribution in [3.63, 3.8) is 0 Å². The normalized spacial score (nSPS) is 10.5. The van der Waals surface area contributed by atoms with Crippen molar-refractivity contribution < 1.29 is 0 Å². The molecule has 0 saturated heterocycles. The van der Waals surface area contributed by atoms with Gasteiger partial charge in [-0.2, -0.15) is 0 Å². The van der Waals surface area contributed by atoms with Gasteiger partial charge in [0.15, 0.2) is 0 Å². The van der Waals surface area contributed by atoms with Crippen molar-refractivity contribution >= 4 is 43.1 Å². The van der Waals surface area contributed by atoms with E-state index in [1.165, 1.54) is 32.7 Å². The zero-order chi connectivity index (χ0) is 29.1. The topological polar surface area (TPSA) is 0 Å². The maximum absolute atomic E-state index is 3.59. The molecule has 0 fully saturated rings. The van der Waals surface area contributed by atoms with Crippen LogP contribution in [0.15, 0.2) is 121 Å². The Bertz CT molecular complexity index is 2020. The van der Waals surface area contributed by atoms with Crippen molar-refractivity contribution in [3.8, 4) is 23.7 Å². The Kier molecular flexibility index (Phi) is 7.47. The molecule has 0 aliphatic rings. The molecule has 0 unspecified atom stereocenters. The summed E-state index contributed by atoms with van der Waals surface area (Å²) in [4.78, 5) is 0. The predicted molar refractivity (Wildman–Crippen MR) is 182 cm³/mol. The molecule has 0 spiro atoms. The molecule has 0 N–H and O–H groups in total. The number of rotatable bonds is 0. The van der Waals surface area contributed by atoms with Crippen LogP contribution in [0.2, 0.25) is 0 Å². The highest BCUT2D eigenvalue weighted by molar-refractivity contribution is 6.10. The molecule has 0 nitrogen and oxygen atoms in total. The number of hydrogen-bond acceptors (Lipinski definition) is 0. The van der Waals surface area contributed by atoms with Crippen LogP contribution < -0.4 is 0 Å². The van der Waals surface area contributed by atoms with E-state index in [2.05, 4.69) is 159 Å². The van der Waals surface area contributed by atoms with Crippen LogP contribution in [0.1, 0.15) is 47.2 Å². The summed E-state index contributed by atoms with van der Waals surface area (Å²) in [5.41, 5.74) is 6.71. The van der Waals surface area contributed by atoms with Gasteiger partial charge in [-0.05, 0) is 80.2 Å². The van der Waals surface area contributed by atoms with Crippen LogP contribution in [0.4, 0.5) is 0 Å². The third-order valence-corrected chi connectivity index (χ3v) is 7.86. The lowest BCUT2D eigenvalue weighted by molar-refractivity contribution is 1.50. The molecular weight excluding hydrogens is 504 g/mol. The van der Waals surface area contributed by atoms with E-state index < -0.39 is 0 Å². The van der Waals surface area contributed by atoms with Crippen LogP contribution in [0.25, 0.3) is 43.1 Å². The van der Waals surface area contributed by atoms with Gasteiger partial charge in [0.2, 0.25) is 0 Å². The smallest absolute Gasteiger partial charge is 0.0406 e. The van der Waals surface area contributed by atoms with Crippen LogP contribution in [-0.2, 0) is 0 Å². The summed E-state index contributed by atoms with van der Waals surface area (Å²) in [6.45, 7) is 8.31. The molecule has 0 saturated carbocycles. The number of fused-ring (bicyclic) bond motifs is 4. The van der Waals surface area contributed by atoms with Gasteiger partial charge in [0.25, 0.3) is 0 Å². The van der Waals surface area contributed by atoms with E-state index in [1.54, 1.807) is 0 Å². The van der Waals surface area contributed by atoms with E-state index in [-0.39, 0.29) is 0 Å². The molecule has 200 valence electrons. The van der Waals surface area contributed by atoms with Gasteiger partial charge in [-0.25, -0.2) is 0 Å². The van der Waals surface area contributed by atoms with Crippen LogP contribution >= 0.6 is 0 Å². The van der Waals surface area contributed by atoms with Gasteiger partial charge in [-0.15, -0.1) is 0 Å². The van der Waals surface area contributed by atoms with E-state index >= 15 is 0 Å². The highest BCUT2D eigenvalue weighted by atomic mass is 14.1. The maximum atomic E-state index is 3.59. The molecule has 7 aromatic carbocycles. The van der Waals surface area contributed by atoms with Crippen molar-refractivity contribution in [1.82, 2.24) is 0 Å². The first kappa shape index (κ1) is 26.9. The molecule has 7 rings (SSSR count). The van der Waals surface area contributed by atoms with Crippen molar-refractivity contribution in [3.05, 3.63) is 155 Å². The number of hydrogen-bond donors (Lipinski definition) is 0. The molecule has 0 amide bonds. The number of aryl methyl sites for hydroxylation is 2. The SMILES string of the molecule is CC.Cc1ccc(C#Cc2c3ccccc3c(C#Cc3ccc(C)c4ccccc34)c3ccccc23)c2ccccc12. The fourth-order valence-electron chi connectivity index (χ4n) is 5.77. The second-order valence-corrected chi connectivity index (χ2v) is 10.3. The average Bonchev–Trinajstić information content (AvgIpc) is 3.05. The van der Waals surface area contributed by atoms with Gasteiger partial charge in [-0.1, -0.05) is 147 Å². The van der Waals surface area contributed by atoms with Gasteiger partial charge in [0, 0.05) is 22.3 Å². The standard InChI is InChI=1S/C40H26.C2H6/c1-27-19-21-29(33-13-5-3-11-31(27)33)23-25-39-35-15-7-9-17-37(35)40(38-18-10-8-16-36(38)39)26-24-30-22-20-28(2)32-12-4-6-14-34(30)32;1-2/h3-22H,1-2H3;1-2H3. The Morgan fingerprint density at radius 1 is 0.310 bits per heavy atom. The Morgan fingerprint density at radius 3 is 0.929 bits per heavy atom. The Balaban J connectivity index is 0.00000155. The minimum Gasteiger partial charge on any atom is -0.0683 e.